The number of amides is 2. The second-order valence-electron chi connectivity index (χ2n) is 5.36. The van der Waals surface area contributed by atoms with Gasteiger partial charge in [-0.2, -0.15) is 5.10 Å². The van der Waals surface area contributed by atoms with Crippen LogP contribution in [0.3, 0.4) is 0 Å². The maximum atomic E-state index is 12.2. The first-order chi connectivity index (χ1) is 10.0. The molecule has 0 saturated heterocycles. The average molecular weight is 302 g/mol. The topological polar surface area (TPSA) is 79.2 Å². The lowest BCUT2D eigenvalue weighted by atomic mass is 9.87. The van der Waals surface area contributed by atoms with Crippen molar-refractivity contribution in [2.75, 3.05) is 11.9 Å². The predicted molar refractivity (Wildman–Crippen MR) is 73.2 cm³/mol. The first-order valence-corrected chi connectivity index (χ1v) is 7.06. The van der Waals surface area contributed by atoms with Gasteiger partial charge in [0.05, 0.1) is 18.0 Å². The molecule has 0 radical (unpaired) electrons. The number of urea groups is 1. The van der Waals surface area contributed by atoms with Gasteiger partial charge in [-0.15, -0.1) is 0 Å². The van der Waals surface area contributed by atoms with E-state index in [0.29, 0.717) is 18.7 Å². The minimum Gasteiger partial charge on any atom is -0.393 e. The zero-order valence-corrected chi connectivity index (χ0v) is 11.6. The number of aromatic nitrogens is 2. The van der Waals surface area contributed by atoms with E-state index in [0.717, 1.165) is 23.9 Å². The molecule has 8 heteroatoms. The van der Waals surface area contributed by atoms with E-state index in [1.165, 1.54) is 12.4 Å². The molecule has 1 heterocycles. The lowest BCUT2D eigenvalue weighted by Crippen LogP contribution is -2.35. The second-order valence-corrected chi connectivity index (χ2v) is 5.36. The van der Waals surface area contributed by atoms with Gasteiger partial charge in [0.25, 0.3) is 6.43 Å². The van der Waals surface area contributed by atoms with E-state index in [-0.39, 0.29) is 12.0 Å². The lowest BCUT2D eigenvalue weighted by Gasteiger charge is -2.25. The number of carbonyl (C=O) groups is 1. The van der Waals surface area contributed by atoms with Gasteiger partial charge in [-0.1, -0.05) is 6.42 Å². The Labute approximate surface area is 121 Å². The Morgan fingerprint density at radius 3 is 3.05 bits per heavy atom. The molecular weight excluding hydrogens is 282 g/mol. The van der Waals surface area contributed by atoms with Crippen LogP contribution < -0.4 is 10.6 Å². The van der Waals surface area contributed by atoms with Gasteiger partial charge in [0.2, 0.25) is 0 Å². The van der Waals surface area contributed by atoms with Crippen molar-refractivity contribution in [3.05, 3.63) is 12.4 Å². The van der Waals surface area contributed by atoms with E-state index in [1.807, 2.05) is 0 Å². The summed E-state index contributed by atoms with van der Waals surface area (Å²) in [6, 6.07) is -0.397. The van der Waals surface area contributed by atoms with Crippen molar-refractivity contribution in [1.29, 1.82) is 0 Å². The molecule has 2 unspecified atom stereocenters. The number of halogens is 2. The first-order valence-electron chi connectivity index (χ1n) is 7.06. The molecule has 0 aromatic carbocycles. The second kappa shape index (κ2) is 7.35. The Kier molecular flexibility index (Phi) is 5.49. The van der Waals surface area contributed by atoms with Crippen molar-refractivity contribution < 1.29 is 18.7 Å². The van der Waals surface area contributed by atoms with Crippen molar-refractivity contribution in [1.82, 2.24) is 15.1 Å². The van der Waals surface area contributed by atoms with Crippen LogP contribution >= 0.6 is 0 Å². The summed E-state index contributed by atoms with van der Waals surface area (Å²) in [5.41, 5.74) is 0.372. The van der Waals surface area contributed by atoms with E-state index in [1.54, 1.807) is 0 Å². The highest BCUT2D eigenvalue weighted by atomic mass is 19.3. The molecule has 1 aliphatic rings. The van der Waals surface area contributed by atoms with Crippen molar-refractivity contribution in [3.63, 3.8) is 0 Å². The number of alkyl halides is 2. The van der Waals surface area contributed by atoms with E-state index in [2.05, 4.69) is 15.7 Å². The molecule has 0 spiro atoms. The number of nitrogens with one attached hydrogen (secondary N) is 2. The number of aliphatic hydroxyl groups excluding tert-OH is 1. The summed E-state index contributed by atoms with van der Waals surface area (Å²) in [6.07, 6.45) is 3.41. The molecule has 3 N–H and O–H groups in total. The summed E-state index contributed by atoms with van der Waals surface area (Å²) < 4.78 is 25.4. The summed E-state index contributed by atoms with van der Waals surface area (Å²) in [5, 5.41) is 18.6. The largest absolute Gasteiger partial charge is 0.393 e. The minimum atomic E-state index is -2.48. The molecule has 2 atom stereocenters. The Morgan fingerprint density at radius 2 is 2.33 bits per heavy atom. The summed E-state index contributed by atoms with van der Waals surface area (Å²) in [7, 11) is 0. The zero-order chi connectivity index (χ0) is 15.2. The third-order valence-corrected chi connectivity index (χ3v) is 3.52. The van der Waals surface area contributed by atoms with Gasteiger partial charge in [-0.3, -0.25) is 4.68 Å². The SMILES string of the molecule is O=C(NCC1CCCC(O)C1)Nc1cnn(CC(F)F)c1. The molecule has 1 aliphatic carbocycles. The van der Waals surface area contributed by atoms with E-state index in [4.69, 9.17) is 0 Å². The number of carbonyl (C=O) groups excluding carboxylic acids is 1. The standard InChI is InChI=1S/C13H20F2N4O2/c14-12(15)8-19-7-10(6-17-19)18-13(21)16-5-9-2-1-3-11(20)4-9/h6-7,9,11-12,20H,1-5,8H2,(H2,16,18,21). The fraction of sp³-hybridized carbons (Fsp3) is 0.692. The number of aliphatic hydroxyl groups is 1. The van der Waals surface area contributed by atoms with Crippen LogP contribution in [0.5, 0.6) is 0 Å². The number of rotatable bonds is 5. The van der Waals surface area contributed by atoms with Crippen LogP contribution in [0.4, 0.5) is 19.3 Å². The number of nitrogens with zero attached hydrogens (tertiary/aromatic N) is 2. The van der Waals surface area contributed by atoms with Gasteiger partial charge in [-0.05, 0) is 25.2 Å². The van der Waals surface area contributed by atoms with Crippen molar-refractivity contribution in [3.8, 4) is 0 Å². The van der Waals surface area contributed by atoms with Gasteiger partial charge in [0.15, 0.2) is 0 Å². The molecule has 2 rings (SSSR count). The Hall–Kier alpha value is -1.70. The van der Waals surface area contributed by atoms with E-state index in [9.17, 15) is 18.7 Å². The highest BCUT2D eigenvalue weighted by Gasteiger charge is 2.20. The Morgan fingerprint density at radius 1 is 1.52 bits per heavy atom. The maximum Gasteiger partial charge on any atom is 0.319 e. The maximum absolute atomic E-state index is 12.2. The van der Waals surface area contributed by atoms with Crippen LogP contribution in [0.2, 0.25) is 0 Å². The number of anilines is 1. The van der Waals surface area contributed by atoms with Crippen LogP contribution in [0.15, 0.2) is 12.4 Å². The highest BCUT2D eigenvalue weighted by Crippen LogP contribution is 2.23. The van der Waals surface area contributed by atoms with Crippen LogP contribution in [0.25, 0.3) is 0 Å². The van der Waals surface area contributed by atoms with Gasteiger partial charge in [0.1, 0.15) is 6.54 Å². The monoisotopic (exact) mass is 302 g/mol. The Bertz CT molecular complexity index is 467. The van der Waals surface area contributed by atoms with E-state index < -0.39 is 19.0 Å². The molecule has 21 heavy (non-hydrogen) atoms. The summed E-state index contributed by atoms with van der Waals surface area (Å²) in [6.45, 7) is -0.00265. The average Bonchev–Trinajstić information content (AvgIpc) is 2.83. The molecule has 0 aliphatic heterocycles. The van der Waals surface area contributed by atoms with Crippen molar-refractivity contribution in [2.24, 2.45) is 5.92 Å². The first kappa shape index (κ1) is 15.7. The van der Waals surface area contributed by atoms with Crippen LogP contribution in [-0.4, -0.2) is 40.0 Å². The molecule has 0 bridgehead atoms. The Balaban J connectivity index is 1.72. The van der Waals surface area contributed by atoms with Crippen LogP contribution in [0.1, 0.15) is 25.7 Å². The lowest BCUT2D eigenvalue weighted by molar-refractivity contribution is 0.101. The molecule has 1 aromatic heterocycles. The summed E-state index contributed by atoms with van der Waals surface area (Å²) >= 11 is 0. The zero-order valence-electron chi connectivity index (χ0n) is 11.6. The van der Waals surface area contributed by atoms with Gasteiger partial charge < -0.3 is 15.7 Å². The van der Waals surface area contributed by atoms with Gasteiger partial charge in [-0.25, -0.2) is 13.6 Å². The smallest absolute Gasteiger partial charge is 0.319 e. The number of hydrogen-bond donors (Lipinski definition) is 3. The normalized spacial score (nSPS) is 22.3. The molecular formula is C13H20F2N4O2. The van der Waals surface area contributed by atoms with Gasteiger partial charge in [0, 0.05) is 12.7 Å². The molecule has 2 amide bonds. The third-order valence-electron chi connectivity index (χ3n) is 3.52. The quantitative estimate of drug-likeness (QED) is 0.776. The molecule has 1 saturated carbocycles. The fourth-order valence-corrected chi connectivity index (χ4v) is 2.53. The molecule has 1 fully saturated rings. The van der Waals surface area contributed by atoms with Crippen LogP contribution in [0, 0.1) is 5.92 Å². The minimum absolute atomic E-state index is 0.277. The summed E-state index contributed by atoms with van der Waals surface area (Å²) in [5.74, 6) is 0.279. The van der Waals surface area contributed by atoms with Gasteiger partial charge >= 0.3 is 6.03 Å². The van der Waals surface area contributed by atoms with E-state index >= 15 is 0 Å². The molecule has 118 valence electrons. The van der Waals surface area contributed by atoms with Crippen LogP contribution in [-0.2, 0) is 6.54 Å². The van der Waals surface area contributed by atoms with Crippen molar-refractivity contribution in [2.45, 2.75) is 44.8 Å². The molecule has 6 nitrogen and oxygen atoms in total. The predicted octanol–water partition coefficient (Wildman–Crippen LogP) is 1.82. The fourth-order valence-electron chi connectivity index (χ4n) is 2.53. The van der Waals surface area contributed by atoms with Crippen molar-refractivity contribution >= 4 is 11.7 Å². The third kappa shape index (κ3) is 5.30. The summed E-state index contributed by atoms with van der Waals surface area (Å²) in [4.78, 5) is 11.7. The highest BCUT2D eigenvalue weighted by molar-refractivity contribution is 5.88. The molecule has 1 aromatic rings. The number of hydrogen-bond acceptors (Lipinski definition) is 3.